The molecule has 0 aliphatic heterocycles. The minimum atomic E-state index is -0.891. The molecule has 0 radical (unpaired) electrons. The fourth-order valence-electron chi connectivity index (χ4n) is 1.64. The van der Waals surface area contributed by atoms with E-state index in [1.165, 1.54) is 4.90 Å². The van der Waals surface area contributed by atoms with Gasteiger partial charge in [0.2, 0.25) is 5.91 Å². The molecule has 0 saturated carbocycles. The molecule has 1 N–H and O–H groups in total. The van der Waals surface area contributed by atoms with Crippen LogP contribution in [0.5, 0.6) is 0 Å². The van der Waals surface area contributed by atoms with E-state index >= 15 is 0 Å². The van der Waals surface area contributed by atoms with Crippen LogP contribution in [-0.2, 0) is 16.0 Å². The van der Waals surface area contributed by atoms with Gasteiger partial charge in [-0.25, -0.2) is 0 Å². The van der Waals surface area contributed by atoms with Gasteiger partial charge in [0.1, 0.15) is 0 Å². The summed E-state index contributed by atoms with van der Waals surface area (Å²) in [5.41, 5.74) is 2.10. The standard InChI is InChI=1S/C14H19NO3/c1-10-4-6-12(7-5-10)9-13(16)15(3)11(2)8-14(17)18/h4-7,11H,8-9H2,1-3H3,(H,17,18). The van der Waals surface area contributed by atoms with Crippen LogP contribution in [0.2, 0.25) is 0 Å². The highest BCUT2D eigenvalue weighted by molar-refractivity contribution is 5.79. The number of aliphatic carboxylic acids is 1. The second kappa shape index (κ2) is 6.19. The third-order valence-corrected chi connectivity index (χ3v) is 3.00. The number of benzene rings is 1. The molecule has 0 heterocycles. The van der Waals surface area contributed by atoms with Crippen molar-refractivity contribution < 1.29 is 14.7 Å². The zero-order valence-corrected chi connectivity index (χ0v) is 11.0. The van der Waals surface area contributed by atoms with E-state index in [1.54, 1.807) is 14.0 Å². The zero-order chi connectivity index (χ0) is 13.7. The number of rotatable bonds is 5. The normalized spacial score (nSPS) is 11.9. The van der Waals surface area contributed by atoms with Crippen LogP contribution in [0.4, 0.5) is 0 Å². The van der Waals surface area contributed by atoms with Crippen LogP contribution < -0.4 is 0 Å². The molecule has 1 aromatic rings. The Bertz CT molecular complexity index is 425. The number of hydrogen-bond acceptors (Lipinski definition) is 2. The third-order valence-electron chi connectivity index (χ3n) is 3.00. The van der Waals surface area contributed by atoms with Crippen molar-refractivity contribution in [3.63, 3.8) is 0 Å². The van der Waals surface area contributed by atoms with Crippen molar-refractivity contribution >= 4 is 11.9 Å². The van der Waals surface area contributed by atoms with E-state index in [2.05, 4.69) is 0 Å². The van der Waals surface area contributed by atoms with E-state index < -0.39 is 5.97 Å². The lowest BCUT2D eigenvalue weighted by Gasteiger charge is -2.23. The number of carboxylic acids is 1. The Morgan fingerprint density at radius 1 is 1.28 bits per heavy atom. The first kappa shape index (κ1) is 14.2. The molecule has 0 bridgehead atoms. The highest BCUT2D eigenvalue weighted by atomic mass is 16.4. The monoisotopic (exact) mass is 249 g/mol. The van der Waals surface area contributed by atoms with Crippen LogP contribution in [0.3, 0.4) is 0 Å². The Balaban J connectivity index is 2.59. The lowest BCUT2D eigenvalue weighted by atomic mass is 10.1. The molecule has 0 aliphatic carbocycles. The van der Waals surface area contributed by atoms with Crippen molar-refractivity contribution in [1.82, 2.24) is 4.90 Å². The van der Waals surface area contributed by atoms with Gasteiger partial charge < -0.3 is 10.0 Å². The van der Waals surface area contributed by atoms with Gasteiger partial charge in [-0.3, -0.25) is 9.59 Å². The Hall–Kier alpha value is -1.84. The third kappa shape index (κ3) is 4.20. The van der Waals surface area contributed by atoms with Crippen molar-refractivity contribution in [1.29, 1.82) is 0 Å². The summed E-state index contributed by atoms with van der Waals surface area (Å²) in [5.74, 6) is -0.954. The minimum Gasteiger partial charge on any atom is -0.481 e. The number of hydrogen-bond donors (Lipinski definition) is 1. The molecule has 1 aromatic carbocycles. The minimum absolute atomic E-state index is 0.0316. The molecule has 1 unspecified atom stereocenters. The summed E-state index contributed by atoms with van der Waals surface area (Å²) in [6.45, 7) is 3.73. The first-order valence-corrected chi connectivity index (χ1v) is 5.93. The Morgan fingerprint density at radius 2 is 1.83 bits per heavy atom. The molecule has 1 rings (SSSR count). The van der Waals surface area contributed by atoms with Crippen LogP contribution in [-0.4, -0.2) is 35.0 Å². The quantitative estimate of drug-likeness (QED) is 0.866. The predicted octanol–water partition coefficient (Wildman–Crippen LogP) is 1.86. The molecule has 1 atom stereocenters. The Morgan fingerprint density at radius 3 is 2.33 bits per heavy atom. The van der Waals surface area contributed by atoms with Gasteiger partial charge in [0.25, 0.3) is 0 Å². The van der Waals surface area contributed by atoms with E-state index in [-0.39, 0.29) is 18.4 Å². The van der Waals surface area contributed by atoms with Gasteiger partial charge in [-0.2, -0.15) is 0 Å². The first-order chi connectivity index (χ1) is 8.40. The van der Waals surface area contributed by atoms with Gasteiger partial charge >= 0.3 is 5.97 Å². The number of aryl methyl sites for hydroxylation is 1. The van der Waals surface area contributed by atoms with Crippen molar-refractivity contribution in [2.24, 2.45) is 0 Å². The van der Waals surface area contributed by atoms with E-state index in [0.29, 0.717) is 6.42 Å². The van der Waals surface area contributed by atoms with Crippen LogP contribution in [0.25, 0.3) is 0 Å². The average molecular weight is 249 g/mol. The molecule has 4 heteroatoms. The van der Waals surface area contributed by atoms with E-state index in [9.17, 15) is 9.59 Å². The van der Waals surface area contributed by atoms with Crippen molar-refractivity contribution in [3.8, 4) is 0 Å². The molecule has 0 aromatic heterocycles. The summed E-state index contributed by atoms with van der Waals surface area (Å²) in [4.78, 5) is 24.0. The fourth-order valence-corrected chi connectivity index (χ4v) is 1.64. The van der Waals surface area contributed by atoms with E-state index in [1.807, 2.05) is 31.2 Å². The van der Waals surface area contributed by atoms with Crippen molar-refractivity contribution in [2.45, 2.75) is 32.7 Å². The molecule has 4 nitrogen and oxygen atoms in total. The number of carbonyl (C=O) groups is 2. The Labute approximate surface area is 107 Å². The number of amides is 1. The summed E-state index contributed by atoms with van der Waals surface area (Å²) >= 11 is 0. The van der Waals surface area contributed by atoms with Gasteiger partial charge in [0.05, 0.1) is 12.8 Å². The smallest absolute Gasteiger partial charge is 0.305 e. The van der Waals surface area contributed by atoms with Crippen LogP contribution in [0.1, 0.15) is 24.5 Å². The molecule has 1 amide bonds. The number of carboxylic acid groups (broad SMARTS) is 1. The summed E-state index contributed by atoms with van der Waals surface area (Å²) < 4.78 is 0. The Kier molecular flexibility index (Phi) is 4.89. The maximum atomic E-state index is 12.0. The second-order valence-electron chi connectivity index (χ2n) is 4.61. The topological polar surface area (TPSA) is 57.6 Å². The summed E-state index contributed by atoms with van der Waals surface area (Å²) in [6.07, 6.45) is 0.275. The zero-order valence-electron chi connectivity index (χ0n) is 11.0. The lowest BCUT2D eigenvalue weighted by Crippen LogP contribution is -2.37. The van der Waals surface area contributed by atoms with Crippen LogP contribution in [0, 0.1) is 6.92 Å². The number of likely N-dealkylation sites (N-methyl/N-ethyl adjacent to an activating group) is 1. The molecule has 0 saturated heterocycles. The SMILES string of the molecule is Cc1ccc(CC(=O)N(C)C(C)CC(=O)O)cc1. The molecule has 0 fully saturated rings. The van der Waals surface area contributed by atoms with Crippen LogP contribution in [0.15, 0.2) is 24.3 Å². The predicted molar refractivity (Wildman–Crippen MR) is 69.4 cm³/mol. The largest absolute Gasteiger partial charge is 0.481 e. The van der Waals surface area contributed by atoms with Gasteiger partial charge in [-0.1, -0.05) is 29.8 Å². The van der Waals surface area contributed by atoms with Crippen LogP contribution >= 0.6 is 0 Å². The molecule has 0 spiro atoms. The lowest BCUT2D eigenvalue weighted by molar-refractivity contribution is -0.139. The summed E-state index contributed by atoms with van der Waals surface area (Å²) in [6, 6.07) is 7.47. The van der Waals surface area contributed by atoms with Gasteiger partial charge in [-0.05, 0) is 19.4 Å². The highest BCUT2D eigenvalue weighted by Crippen LogP contribution is 2.08. The maximum absolute atomic E-state index is 12.0. The number of nitrogens with zero attached hydrogens (tertiary/aromatic N) is 1. The maximum Gasteiger partial charge on any atom is 0.305 e. The van der Waals surface area contributed by atoms with Gasteiger partial charge in [0, 0.05) is 13.1 Å². The molecule has 0 aliphatic rings. The second-order valence-corrected chi connectivity index (χ2v) is 4.61. The number of carbonyl (C=O) groups excluding carboxylic acids is 1. The molecule has 98 valence electrons. The average Bonchev–Trinajstić information content (AvgIpc) is 2.30. The molecular weight excluding hydrogens is 230 g/mol. The molecule has 18 heavy (non-hydrogen) atoms. The van der Waals surface area contributed by atoms with Gasteiger partial charge in [-0.15, -0.1) is 0 Å². The van der Waals surface area contributed by atoms with E-state index in [4.69, 9.17) is 5.11 Å². The van der Waals surface area contributed by atoms with Gasteiger partial charge in [0.15, 0.2) is 0 Å². The molecular formula is C14H19NO3. The fraction of sp³-hybridized carbons (Fsp3) is 0.429. The van der Waals surface area contributed by atoms with E-state index in [0.717, 1.165) is 11.1 Å². The van der Waals surface area contributed by atoms with Crippen molar-refractivity contribution in [2.75, 3.05) is 7.05 Å². The summed E-state index contributed by atoms with van der Waals surface area (Å²) in [7, 11) is 1.64. The highest BCUT2D eigenvalue weighted by Gasteiger charge is 2.18. The first-order valence-electron chi connectivity index (χ1n) is 5.93. The summed E-state index contributed by atoms with van der Waals surface area (Å²) in [5, 5.41) is 8.70. The van der Waals surface area contributed by atoms with Crippen molar-refractivity contribution in [3.05, 3.63) is 35.4 Å².